The number of likely N-dealkylation sites (N-methyl/N-ethyl adjacent to an activating group) is 1. The highest BCUT2D eigenvalue weighted by Crippen LogP contribution is 2.39. The summed E-state index contributed by atoms with van der Waals surface area (Å²) in [6.45, 7) is 12.8. The monoisotopic (exact) mass is 478 g/mol. The van der Waals surface area contributed by atoms with Crippen LogP contribution in [0.1, 0.15) is 37.0 Å². The summed E-state index contributed by atoms with van der Waals surface area (Å²) in [4.78, 5) is 32.2. The molecule has 0 radical (unpaired) electrons. The van der Waals surface area contributed by atoms with Gasteiger partial charge in [-0.05, 0) is 36.6 Å². The lowest BCUT2D eigenvalue weighted by molar-refractivity contribution is 0.208. The van der Waals surface area contributed by atoms with Crippen LogP contribution in [0.3, 0.4) is 0 Å². The molecule has 2 amide bonds. The van der Waals surface area contributed by atoms with Gasteiger partial charge in [-0.25, -0.2) is 14.8 Å². The van der Waals surface area contributed by atoms with Gasteiger partial charge in [0.05, 0.1) is 5.39 Å². The Morgan fingerprint density at radius 2 is 1.85 bits per heavy atom. The van der Waals surface area contributed by atoms with Crippen molar-refractivity contribution in [1.29, 1.82) is 0 Å². The summed E-state index contributed by atoms with van der Waals surface area (Å²) in [6, 6.07) is 9.62. The van der Waals surface area contributed by atoms with Crippen molar-refractivity contribution in [3.8, 4) is 0 Å². The molecule has 4 heterocycles. The fraction of sp³-hybridized carbons (Fsp3) is 0.500. The molecule has 0 unspecified atom stereocenters. The van der Waals surface area contributed by atoms with Crippen LogP contribution in [-0.4, -0.2) is 65.1 Å². The van der Waals surface area contributed by atoms with Crippen LogP contribution in [0, 0.1) is 5.92 Å². The van der Waals surface area contributed by atoms with Gasteiger partial charge in [-0.3, -0.25) is 4.90 Å². The summed E-state index contributed by atoms with van der Waals surface area (Å²) in [5, 5.41) is 4.27. The quantitative estimate of drug-likeness (QED) is 0.580. The minimum atomic E-state index is -0.0354. The van der Waals surface area contributed by atoms with E-state index in [2.05, 4.69) is 35.9 Å². The first-order valence-electron chi connectivity index (χ1n) is 12.4. The average Bonchev–Trinajstić information content (AvgIpc) is 3.21. The number of hydrogen-bond acceptors (Lipinski definition) is 6. The predicted molar refractivity (Wildman–Crippen MR) is 140 cm³/mol. The molecule has 8 heteroatoms. The maximum Gasteiger partial charge on any atom is 0.321 e. The van der Waals surface area contributed by atoms with Crippen molar-refractivity contribution >= 4 is 39.1 Å². The number of nitrogens with one attached hydrogen (secondary N) is 1. The smallest absolute Gasteiger partial charge is 0.321 e. The number of benzene rings is 1. The van der Waals surface area contributed by atoms with Crippen LogP contribution in [-0.2, 0) is 19.4 Å². The highest BCUT2D eigenvalue weighted by molar-refractivity contribution is 7.19. The molecular weight excluding hydrogens is 444 g/mol. The number of amides is 2. The number of carbonyl (C=O) groups excluding carboxylic acids is 1. The molecular formula is C26H34N6OS. The van der Waals surface area contributed by atoms with E-state index in [1.807, 2.05) is 46.6 Å². The third-order valence-corrected chi connectivity index (χ3v) is 7.85. The van der Waals surface area contributed by atoms with Crippen LogP contribution < -0.4 is 10.2 Å². The van der Waals surface area contributed by atoms with E-state index in [0.717, 1.165) is 67.7 Å². The Morgan fingerprint density at radius 3 is 2.56 bits per heavy atom. The number of nitrogens with zero attached hydrogens (tertiary/aromatic N) is 5. The second-order valence-electron chi connectivity index (χ2n) is 9.63. The van der Waals surface area contributed by atoms with Crippen molar-refractivity contribution in [2.45, 2.75) is 40.2 Å². The average molecular weight is 479 g/mol. The van der Waals surface area contributed by atoms with Gasteiger partial charge >= 0.3 is 6.03 Å². The Bertz CT molecular complexity index is 1150. The Kier molecular flexibility index (Phi) is 6.70. The number of para-hydroxylation sites is 1. The van der Waals surface area contributed by atoms with Crippen molar-refractivity contribution < 1.29 is 4.79 Å². The second-order valence-corrected chi connectivity index (χ2v) is 10.7. The summed E-state index contributed by atoms with van der Waals surface area (Å²) in [5.74, 6) is 2.52. The highest BCUT2D eigenvalue weighted by atomic mass is 32.1. The topological polar surface area (TPSA) is 64.6 Å². The molecule has 7 nitrogen and oxygen atoms in total. The van der Waals surface area contributed by atoms with Crippen molar-refractivity contribution in [2.24, 2.45) is 5.92 Å². The first-order valence-corrected chi connectivity index (χ1v) is 13.2. The third kappa shape index (κ3) is 4.74. The van der Waals surface area contributed by atoms with Crippen molar-refractivity contribution in [3.05, 3.63) is 46.6 Å². The van der Waals surface area contributed by atoms with Crippen molar-refractivity contribution in [3.63, 3.8) is 0 Å². The van der Waals surface area contributed by atoms with Gasteiger partial charge in [0.2, 0.25) is 0 Å². The van der Waals surface area contributed by atoms with Crippen LogP contribution in [0.25, 0.3) is 10.2 Å². The van der Waals surface area contributed by atoms with Gasteiger partial charge in [0, 0.05) is 56.3 Å². The van der Waals surface area contributed by atoms with E-state index in [-0.39, 0.29) is 6.03 Å². The summed E-state index contributed by atoms with van der Waals surface area (Å²) in [5.41, 5.74) is 2.27. The zero-order valence-electron chi connectivity index (χ0n) is 20.4. The van der Waals surface area contributed by atoms with Gasteiger partial charge in [-0.1, -0.05) is 39.0 Å². The molecule has 180 valence electrons. The number of thiophene rings is 1. The van der Waals surface area contributed by atoms with E-state index in [0.29, 0.717) is 19.0 Å². The number of urea groups is 1. The molecule has 1 fully saturated rings. The number of hydrogen-bond donors (Lipinski definition) is 1. The molecule has 2 aliphatic rings. The molecule has 3 aromatic rings. The molecule has 0 saturated carbocycles. The molecule has 2 aliphatic heterocycles. The molecule has 0 aliphatic carbocycles. The Balaban J connectivity index is 1.39. The Labute approximate surface area is 205 Å². The SMILES string of the molecule is CCN1CCc2c(sc3nc(CC(C)C)nc(N4CCN(C(=O)Nc5ccccc5)CC4)c23)C1. The maximum absolute atomic E-state index is 12.8. The summed E-state index contributed by atoms with van der Waals surface area (Å²) < 4.78 is 0. The standard InChI is InChI=1S/C26H34N6OS/c1-4-30-11-10-20-21(17-30)34-25-23(20)24(28-22(29-25)16-18(2)3)31-12-14-32(15-13-31)26(33)27-19-8-6-5-7-9-19/h5-9,18H,4,10-17H2,1-3H3,(H,27,33). The van der Waals surface area contributed by atoms with Crippen LogP contribution >= 0.6 is 11.3 Å². The molecule has 0 spiro atoms. The van der Waals surface area contributed by atoms with Gasteiger partial charge in [-0.15, -0.1) is 11.3 Å². The normalized spacial score (nSPS) is 16.8. The molecule has 2 aromatic heterocycles. The van der Waals surface area contributed by atoms with E-state index in [4.69, 9.17) is 9.97 Å². The van der Waals surface area contributed by atoms with E-state index in [9.17, 15) is 4.79 Å². The number of carbonyl (C=O) groups is 1. The van der Waals surface area contributed by atoms with Crippen molar-refractivity contribution in [1.82, 2.24) is 19.8 Å². The van der Waals surface area contributed by atoms with Gasteiger partial charge in [0.1, 0.15) is 16.5 Å². The number of rotatable bonds is 5. The largest absolute Gasteiger partial charge is 0.352 e. The lowest BCUT2D eigenvalue weighted by atomic mass is 10.0. The molecule has 1 N–H and O–H groups in total. The highest BCUT2D eigenvalue weighted by Gasteiger charge is 2.28. The van der Waals surface area contributed by atoms with E-state index < -0.39 is 0 Å². The van der Waals surface area contributed by atoms with E-state index >= 15 is 0 Å². The second kappa shape index (κ2) is 9.88. The summed E-state index contributed by atoms with van der Waals surface area (Å²) >= 11 is 1.85. The van der Waals surface area contributed by atoms with Crippen LogP contribution in [0.2, 0.25) is 0 Å². The number of piperazine rings is 1. The van der Waals surface area contributed by atoms with E-state index in [1.54, 1.807) is 0 Å². The molecule has 5 rings (SSSR count). The molecule has 0 bridgehead atoms. The van der Waals surface area contributed by atoms with Crippen LogP contribution in [0.15, 0.2) is 30.3 Å². The summed E-state index contributed by atoms with van der Waals surface area (Å²) in [7, 11) is 0. The van der Waals surface area contributed by atoms with Gasteiger partial charge < -0.3 is 15.1 Å². The number of anilines is 2. The van der Waals surface area contributed by atoms with Gasteiger partial charge in [-0.2, -0.15) is 0 Å². The maximum atomic E-state index is 12.8. The number of fused-ring (bicyclic) bond motifs is 3. The fourth-order valence-electron chi connectivity index (χ4n) is 4.87. The first-order chi connectivity index (χ1) is 16.5. The van der Waals surface area contributed by atoms with Crippen LogP contribution in [0.4, 0.5) is 16.3 Å². The first kappa shape index (κ1) is 23.1. The Morgan fingerprint density at radius 1 is 1.09 bits per heavy atom. The molecule has 1 saturated heterocycles. The lowest BCUT2D eigenvalue weighted by Gasteiger charge is -2.36. The number of aromatic nitrogens is 2. The zero-order chi connectivity index (χ0) is 23.7. The fourth-order valence-corrected chi connectivity index (χ4v) is 6.15. The molecule has 0 atom stereocenters. The Hall–Kier alpha value is -2.71. The predicted octanol–water partition coefficient (Wildman–Crippen LogP) is 4.62. The van der Waals surface area contributed by atoms with Crippen LogP contribution in [0.5, 0.6) is 0 Å². The molecule has 34 heavy (non-hydrogen) atoms. The molecule has 1 aromatic carbocycles. The minimum Gasteiger partial charge on any atom is -0.352 e. The third-order valence-electron chi connectivity index (χ3n) is 6.74. The van der Waals surface area contributed by atoms with E-state index in [1.165, 1.54) is 15.8 Å². The summed E-state index contributed by atoms with van der Waals surface area (Å²) in [6.07, 6.45) is 1.94. The zero-order valence-corrected chi connectivity index (χ0v) is 21.2. The van der Waals surface area contributed by atoms with Crippen molar-refractivity contribution in [2.75, 3.05) is 49.5 Å². The minimum absolute atomic E-state index is 0.0354. The lowest BCUT2D eigenvalue weighted by Crippen LogP contribution is -2.50. The van der Waals surface area contributed by atoms with Gasteiger partial charge in [0.25, 0.3) is 0 Å². The van der Waals surface area contributed by atoms with Gasteiger partial charge in [0.15, 0.2) is 0 Å².